The molecule has 1 aliphatic rings. The number of benzene rings is 1. The average molecular weight is 271 g/mol. The predicted molar refractivity (Wildman–Crippen MR) is 79.4 cm³/mol. The van der Waals surface area contributed by atoms with Crippen LogP contribution in [0.25, 0.3) is 0 Å². The molecule has 106 valence electrons. The summed E-state index contributed by atoms with van der Waals surface area (Å²) in [5.74, 6) is 5.98. The fourth-order valence-electron chi connectivity index (χ4n) is 2.37. The van der Waals surface area contributed by atoms with E-state index in [0.717, 1.165) is 17.7 Å². The highest BCUT2D eigenvalue weighted by molar-refractivity contribution is 5.94. The zero-order valence-electron chi connectivity index (χ0n) is 12.3. The Hall–Kier alpha value is -1.79. The van der Waals surface area contributed by atoms with E-state index < -0.39 is 0 Å². The van der Waals surface area contributed by atoms with Gasteiger partial charge in [-0.05, 0) is 48.4 Å². The van der Waals surface area contributed by atoms with Gasteiger partial charge in [-0.2, -0.15) is 0 Å². The minimum atomic E-state index is -0.174. The van der Waals surface area contributed by atoms with E-state index in [4.69, 9.17) is 5.11 Å². The van der Waals surface area contributed by atoms with Gasteiger partial charge in [-0.15, -0.1) is 0 Å². The van der Waals surface area contributed by atoms with Crippen molar-refractivity contribution in [2.24, 2.45) is 11.3 Å². The number of hydrogen-bond donors (Lipinski definition) is 2. The van der Waals surface area contributed by atoms with Gasteiger partial charge in [0.25, 0.3) is 5.91 Å². The highest BCUT2D eigenvalue weighted by Crippen LogP contribution is 2.50. The minimum absolute atomic E-state index is 0.0524. The number of amides is 1. The first kappa shape index (κ1) is 14.6. The number of hydrogen-bond acceptors (Lipinski definition) is 2. The zero-order chi connectivity index (χ0) is 14.8. The second-order valence-corrected chi connectivity index (χ2v) is 6.15. The van der Waals surface area contributed by atoms with Gasteiger partial charge in [-0.3, -0.25) is 4.79 Å². The number of carbonyl (C=O) groups is 1. The second-order valence-electron chi connectivity index (χ2n) is 6.15. The van der Waals surface area contributed by atoms with Crippen LogP contribution in [0.1, 0.15) is 41.8 Å². The van der Waals surface area contributed by atoms with Crippen molar-refractivity contribution < 1.29 is 9.90 Å². The summed E-state index contributed by atoms with van der Waals surface area (Å²) in [6, 6.07) is 5.53. The normalized spacial score (nSPS) is 18.9. The Kier molecular flexibility index (Phi) is 4.15. The Morgan fingerprint density at radius 3 is 2.75 bits per heavy atom. The largest absolute Gasteiger partial charge is 0.384 e. The molecule has 0 radical (unpaired) electrons. The highest BCUT2D eigenvalue weighted by atomic mass is 16.2. The third-order valence-corrected chi connectivity index (χ3v) is 3.88. The van der Waals surface area contributed by atoms with Crippen molar-refractivity contribution in [3.8, 4) is 11.8 Å². The second kappa shape index (κ2) is 5.68. The quantitative estimate of drug-likeness (QED) is 0.827. The van der Waals surface area contributed by atoms with Crippen LogP contribution in [0.2, 0.25) is 0 Å². The van der Waals surface area contributed by atoms with Crippen molar-refractivity contribution in [1.29, 1.82) is 0 Å². The van der Waals surface area contributed by atoms with Crippen LogP contribution >= 0.6 is 0 Å². The Bertz CT molecular complexity index is 578. The third-order valence-electron chi connectivity index (χ3n) is 3.88. The number of aliphatic hydroxyl groups excluding tert-OH is 1. The molecule has 1 amide bonds. The van der Waals surface area contributed by atoms with Gasteiger partial charge in [0.1, 0.15) is 6.61 Å². The predicted octanol–water partition coefficient (Wildman–Crippen LogP) is 2.11. The van der Waals surface area contributed by atoms with Gasteiger partial charge in [0, 0.05) is 17.7 Å². The van der Waals surface area contributed by atoms with Gasteiger partial charge in [0.2, 0.25) is 0 Å². The number of rotatable bonds is 3. The lowest BCUT2D eigenvalue weighted by molar-refractivity contribution is 0.0950. The number of aryl methyl sites for hydroxylation is 1. The van der Waals surface area contributed by atoms with Crippen LogP contribution in [0.4, 0.5) is 0 Å². The molecule has 3 heteroatoms. The van der Waals surface area contributed by atoms with E-state index in [2.05, 4.69) is 31.0 Å². The zero-order valence-corrected chi connectivity index (χ0v) is 12.3. The third kappa shape index (κ3) is 3.61. The van der Waals surface area contributed by atoms with Crippen LogP contribution < -0.4 is 5.32 Å². The molecule has 1 aromatic carbocycles. The highest BCUT2D eigenvalue weighted by Gasteiger charge is 2.45. The molecule has 0 spiro atoms. The topological polar surface area (TPSA) is 49.3 Å². The summed E-state index contributed by atoms with van der Waals surface area (Å²) in [7, 11) is 0. The smallest absolute Gasteiger partial charge is 0.251 e. The summed E-state index contributed by atoms with van der Waals surface area (Å²) in [6.45, 7) is 6.94. The molecule has 0 bridgehead atoms. The van der Waals surface area contributed by atoms with Crippen LogP contribution in [0.15, 0.2) is 18.2 Å². The molecule has 0 aliphatic heterocycles. The molecule has 20 heavy (non-hydrogen) atoms. The molecule has 0 aromatic heterocycles. The molecule has 3 nitrogen and oxygen atoms in total. The summed E-state index contributed by atoms with van der Waals surface area (Å²) in [6.07, 6.45) is 1.17. The van der Waals surface area contributed by atoms with Crippen molar-refractivity contribution in [3.63, 3.8) is 0 Å². The maximum Gasteiger partial charge on any atom is 0.251 e. The number of carbonyl (C=O) groups excluding carboxylic acids is 1. The SMILES string of the molecule is Cc1cc(C#CCO)cc(C(=O)NCC2CC2(C)C)c1. The molecule has 0 saturated heterocycles. The van der Waals surface area contributed by atoms with E-state index in [9.17, 15) is 4.79 Å². The van der Waals surface area contributed by atoms with Crippen LogP contribution in [0.5, 0.6) is 0 Å². The average Bonchev–Trinajstić information content (AvgIpc) is 3.00. The number of aliphatic hydroxyl groups is 1. The molecule has 1 atom stereocenters. The monoisotopic (exact) mass is 271 g/mol. The van der Waals surface area contributed by atoms with E-state index in [1.165, 1.54) is 6.42 Å². The first-order valence-corrected chi connectivity index (χ1v) is 6.92. The Morgan fingerprint density at radius 1 is 1.45 bits per heavy atom. The van der Waals surface area contributed by atoms with Crippen molar-refractivity contribution in [1.82, 2.24) is 5.32 Å². The lowest BCUT2D eigenvalue weighted by Crippen LogP contribution is -2.26. The first-order chi connectivity index (χ1) is 9.42. The van der Waals surface area contributed by atoms with E-state index >= 15 is 0 Å². The van der Waals surface area contributed by atoms with Gasteiger partial charge in [0.15, 0.2) is 0 Å². The maximum atomic E-state index is 12.2. The van der Waals surface area contributed by atoms with Crippen molar-refractivity contribution in [3.05, 3.63) is 34.9 Å². The molecule has 1 aliphatic carbocycles. The van der Waals surface area contributed by atoms with Crippen molar-refractivity contribution in [2.45, 2.75) is 27.2 Å². The fraction of sp³-hybridized carbons (Fsp3) is 0.471. The molecule has 2 rings (SSSR count). The van der Waals surface area contributed by atoms with Crippen molar-refractivity contribution in [2.75, 3.05) is 13.2 Å². The van der Waals surface area contributed by atoms with E-state index in [-0.39, 0.29) is 12.5 Å². The summed E-state index contributed by atoms with van der Waals surface area (Å²) < 4.78 is 0. The standard InChI is InChI=1S/C17H21NO2/c1-12-7-13(5-4-6-19)9-14(8-12)16(20)18-11-15-10-17(15,2)3/h7-9,15,19H,6,10-11H2,1-3H3,(H,18,20). The first-order valence-electron chi connectivity index (χ1n) is 6.92. The van der Waals surface area contributed by atoms with Gasteiger partial charge in [-0.1, -0.05) is 25.7 Å². The van der Waals surface area contributed by atoms with Gasteiger partial charge >= 0.3 is 0 Å². The van der Waals surface area contributed by atoms with E-state index in [1.807, 2.05) is 19.1 Å². The van der Waals surface area contributed by atoms with Crippen LogP contribution in [0.3, 0.4) is 0 Å². The van der Waals surface area contributed by atoms with E-state index in [0.29, 0.717) is 16.9 Å². The van der Waals surface area contributed by atoms with Gasteiger partial charge in [-0.25, -0.2) is 0 Å². The summed E-state index contributed by atoms with van der Waals surface area (Å²) in [5.41, 5.74) is 2.76. The molecule has 0 heterocycles. The minimum Gasteiger partial charge on any atom is -0.384 e. The molecule has 1 aromatic rings. The Balaban J connectivity index is 2.03. The molecule has 2 N–H and O–H groups in total. The summed E-state index contributed by atoms with van der Waals surface area (Å²) in [4.78, 5) is 12.2. The molecular weight excluding hydrogens is 250 g/mol. The van der Waals surface area contributed by atoms with Crippen LogP contribution in [-0.4, -0.2) is 24.2 Å². The lowest BCUT2D eigenvalue weighted by Gasteiger charge is -2.08. The Morgan fingerprint density at radius 2 is 2.15 bits per heavy atom. The van der Waals surface area contributed by atoms with Crippen molar-refractivity contribution >= 4 is 5.91 Å². The fourth-order valence-corrected chi connectivity index (χ4v) is 2.37. The summed E-state index contributed by atoms with van der Waals surface area (Å²) in [5, 5.41) is 11.7. The number of nitrogens with one attached hydrogen (secondary N) is 1. The maximum absolute atomic E-state index is 12.2. The van der Waals surface area contributed by atoms with Gasteiger partial charge < -0.3 is 10.4 Å². The Labute approximate surface area is 120 Å². The molecule has 1 unspecified atom stereocenters. The molecular formula is C17H21NO2. The van der Waals surface area contributed by atoms with Crippen LogP contribution in [-0.2, 0) is 0 Å². The lowest BCUT2D eigenvalue weighted by atomic mass is 10.1. The molecule has 1 fully saturated rings. The molecule has 1 saturated carbocycles. The van der Waals surface area contributed by atoms with E-state index in [1.54, 1.807) is 6.07 Å². The summed E-state index contributed by atoms with van der Waals surface area (Å²) >= 11 is 0. The van der Waals surface area contributed by atoms with Crippen LogP contribution in [0, 0.1) is 30.1 Å². The van der Waals surface area contributed by atoms with Gasteiger partial charge in [0.05, 0.1) is 0 Å².